The maximum absolute atomic E-state index is 12.8. The monoisotopic (exact) mass is 534 g/mol. The summed E-state index contributed by atoms with van der Waals surface area (Å²) in [5.41, 5.74) is 1.53. The van der Waals surface area contributed by atoms with E-state index >= 15 is 0 Å². The number of anilines is 1. The minimum absolute atomic E-state index is 0.138. The maximum Gasteiger partial charge on any atom is 0.341 e. The normalized spacial score (nSPS) is 13.1. The highest BCUT2D eigenvalue weighted by Crippen LogP contribution is 2.38. The molecule has 0 bridgehead atoms. The van der Waals surface area contributed by atoms with E-state index in [1.807, 2.05) is 11.5 Å². The molecule has 3 aromatic rings. The van der Waals surface area contributed by atoms with E-state index in [0.717, 1.165) is 37.7 Å². The number of thiophene rings is 1. The summed E-state index contributed by atoms with van der Waals surface area (Å²) < 4.78 is 12.7. The predicted molar refractivity (Wildman–Crippen MR) is 138 cm³/mol. The number of amides is 1. The number of ether oxygens (including phenoxy) is 2. The van der Waals surface area contributed by atoms with Gasteiger partial charge in [-0.15, -0.1) is 21.5 Å². The fourth-order valence-electron chi connectivity index (χ4n) is 3.97. The van der Waals surface area contributed by atoms with Crippen LogP contribution in [0.1, 0.15) is 52.8 Å². The number of benzene rings is 1. The molecule has 1 aliphatic rings. The molecule has 0 aliphatic heterocycles. The molecular formula is C24H27ClN4O4S2. The van der Waals surface area contributed by atoms with E-state index in [2.05, 4.69) is 15.5 Å². The second-order valence-corrected chi connectivity index (χ2v) is 10.5. The number of nitrogens with one attached hydrogen (secondary N) is 1. The number of thioether (sulfide) groups is 1. The number of aryl methyl sites for hydroxylation is 1. The van der Waals surface area contributed by atoms with Crippen molar-refractivity contribution in [3.8, 4) is 5.75 Å². The molecule has 1 N–H and O–H groups in total. The van der Waals surface area contributed by atoms with Crippen molar-refractivity contribution in [2.45, 2.75) is 57.3 Å². The fraction of sp³-hybridized carbons (Fsp3) is 0.417. The number of fused-ring (bicyclic) bond motifs is 1. The van der Waals surface area contributed by atoms with Gasteiger partial charge in [0.2, 0.25) is 5.91 Å². The van der Waals surface area contributed by atoms with Crippen LogP contribution in [0.25, 0.3) is 0 Å². The lowest BCUT2D eigenvalue weighted by molar-refractivity contribution is -0.113. The van der Waals surface area contributed by atoms with Crippen LogP contribution in [0.4, 0.5) is 5.00 Å². The van der Waals surface area contributed by atoms with Gasteiger partial charge in [-0.25, -0.2) is 4.79 Å². The molecular weight excluding hydrogens is 508 g/mol. The molecule has 0 fully saturated rings. The third-order valence-electron chi connectivity index (χ3n) is 5.69. The van der Waals surface area contributed by atoms with E-state index in [1.165, 1.54) is 35.1 Å². The minimum Gasteiger partial charge on any atom is -0.486 e. The zero-order valence-corrected chi connectivity index (χ0v) is 22.0. The second kappa shape index (κ2) is 11.9. The molecule has 1 aromatic carbocycles. The molecule has 2 aromatic heterocycles. The molecule has 4 rings (SSSR count). The van der Waals surface area contributed by atoms with Gasteiger partial charge in [-0.3, -0.25) is 4.79 Å². The molecule has 186 valence electrons. The first kappa shape index (κ1) is 25.5. The highest BCUT2D eigenvalue weighted by Gasteiger charge is 2.26. The summed E-state index contributed by atoms with van der Waals surface area (Å²) >= 11 is 8.70. The summed E-state index contributed by atoms with van der Waals surface area (Å²) in [6, 6.07) is 7.11. The van der Waals surface area contributed by atoms with Crippen LogP contribution < -0.4 is 10.1 Å². The molecule has 0 atom stereocenters. The molecule has 1 amide bonds. The predicted octanol–water partition coefficient (Wildman–Crippen LogP) is 5.38. The van der Waals surface area contributed by atoms with Crippen LogP contribution in [-0.4, -0.2) is 39.5 Å². The van der Waals surface area contributed by atoms with Gasteiger partial charge in [0.1, 0.15) is 17.4 Å². The van der Waals surface area contributed by atoms with Crippen molar-refractivity contribution in [3.63, 3.8) is 0 Å². The third-order valence-corrected chi connectivity index (χ3v) is 8.11. The van der Waals surface area contributed by atoms with E-state index in [4.69, 9.17) is 21.1 Å². The molecule has 35 heavy (non-hydrogen) atoms. The largest absolute Gasteiger partial charge is 0.486 e. The van der Waals surface area contributed by atoms with E-state index in [0.29, 0.717) is 38.9 Å². The van der Waals surface area contributed by atoms with Crippen molar-refractivity contribution in [1.29, 1.82) is 0 Å². The van der Waals surface area contributed by atoms with E-state index in [9.17, 15) is 9.59 Å². The van der Waals surface area contributed by atoms with E-state index in [-0.39, 0.29) is 18.3 Å². The first-order valence-corrected chi connectivity index (χ1v) is 13.6. The highest BCUT2D eigenvalue weighted by atomic mass is 35.5. The number of methoxy groups -OCH3 is 1. The van der Waals surface area contributed by atoms with Crippen LogP contribution >= 0.6 is 34.7 Å². The zero-order chi connectivity index (χ0) is 24.8. The van der Waals surface area contributed by atoms with Crippen LogP contribution in [0.5, 0.6) is 5.75 Å². The van der Waals surface area contributed by atoms with Crippen molar-refractivity contribution in [2.75, 3.05) is 18.2 Å². The zero-order valence-electron chi connectivity index (χ0n) is 19.6. The Kier molecular flexibility index (Phi) is 8.69. The maximum atomic E-state index is 12.8. The molecule has 11 heteroatoms. The van der Waals surface area contributed by atoms with Crippen LogP contribution in [0, 0.1) is 0 Å². The van der Waals surface area contributed by atoms with Crippen LogP contribution in [-0.2, 0) is 35.5 Å². The molecule has 0 unspecified atom stereocenters. The number of rotatable bonds is 9. The Morgan fingerprint density at radius 2 is 1.94 bits per heavy atom. The van der Waals surface area contributed by atoms with Gasteiger partial charge in [0, 0.05) is 16.4 Å². The van der Waals surface area contributed by atoms with Crippen LogP contribution in [0.2, 0.25) is 5.02 Å². The van der Waals surface area contributed by atoms with Gasteiger partial charge < -0.3 is 19.4 Å². The quantitative estimate of drug-likeness (QED) is 0.224. The first-order valence-electron chi connectivity index (χ1n) is 11.5. The van der Waals surface area contributed by atoms with E-state index in [1.54, 1.807) is 24.3 Å². The van der Waals surface area contributed by atoms with Gasteiger partial charge in [-0.05, 0) is 62.4 Å². The fourth-order valence-corrected chi connectivity index (χ4v) is 6.21. The van der Waals surface area contributed by atoms with Gasteiger partial charge in [-0.2, -0.15) is 0 Å². The van der Waals surface area contributed by atoms with Gasteiger partial charge in [0.25, 0.3) is 0 Å². The summed E-state index contributed by atoms with van der Waals surface area (Å²) in [7, 11) is 1.37. The van der Waals surface area contributed by atoms with Gasteiger partial charge in [0.15, 0.2) is 11.0 Å². The minimum atomic E-state index is -0.400. The Morgan fingerprint density at radius 3 is 2.69 bits per heavy atom. The third kappa shape index (κ3) is 6.17. The Labute approximate surface area is 217 Å². The highest BCUT2D eigenvalue weighted by molar-refractivity contribution is 7.99. The number of aromatic nitrogens is 3. The van der Waals surface area contributed by atoms with Gasteiger partial charge in [-0.1, -0.05) is 29.8 Å². The molecule has 1 aliphatic carbocycles. The van der Waals surface area contributed by atoms with Crippen molar-refractivity contribution < 1.29 is 19.1 Å². The van der Waals surface area contributed by atoms with Crippen LogP contribution in [0.15, 0.2) is 29.4 Å². The Balaban J connectivity index is 1.40. The number of hydrogen-bond donors (Lipinski definition) is 1. The molecule has 0 radical (unpaired) electrons. The summed E-state index contributed by atoms with van der Waals surface area (Å²) in [5.74, 6) is 0.883. The average Bonchev–Trinajstić information content (AvgIpc) is 3.33. The Hall–Kier alpha value is -2.56. The topological polar surface area (TPSA) is 95.3 Å². The number of esters is 1. The Morgan fingerprint density at radius 1 is 1.17 bits per heavy atom. The molecule has 0 saturated heterocycles. The van der Waals surface area contributed by atoms with Crippen molar-refractivity contribution in [2.24, 2.45) is 0 Å². The number of halogens is 1. The average molecular weight is 535 g/mol. The van der Waals surface area contributed by atoms with Crippen molar-refractivity contribution in [3.05, 3.63) is 51.1 Å². The summed E-state index contributed by atoms with van der Waals surface area (Å²) in [4.78, 5) is 26.5. The van der Waals surface area contributed by atoms with Crippen molar-refractivity contribution in [1.82, 2.24) is 14.8 Å². The van der Waals surface area contributed by atoms with Crippen molar-refractivity contribution >= 4 is 51.6 Å². The van der Waals surface area contributed by atoms with E-state index < -0.39 is 5.97 Å². The van der Waals surface area contributed by atoms with Crippen LogP contribution in [0.3, 0.4) is 0 Å². The number of carbonyl (C=O) groups is 2. The Bertz CT molecular complexity index is 1190. The second-order valence-electron chi connectivity index (χ2n) is 7.98. The molecule has 0 spiro atoms. The lowest BCUT2D eigenvalue weighted by atomic mass is 10.1. The number of carbonyl (C=O) groups excluding carboxylic acids is 2. The molecule has 0 saturated carbocycles. The number of nitrogens with zero attached hydrogens (tertiary/aromatic N) is 3. The summed E-state index contributed by atoms with van der Waals surface area (Å²) in [6.07, 6.45) is 5.03. The molecule has 8 nitrogen and oxygen atoms in total. The molecule has 2 heterocycles. The first-order chi connectivity index (χ1) is 17.0. The lowest BCUT2D eigenvalue weighted by Gasteiger charge is -2.09. The number of hydrogen-bond acceptors (Lipinski definition) is 8. The standard InChI is InChI=1S/C24H27ClN4O4S2/c1-3-29-19(13-33-16-11-9-15(25)10-12-16)27-28-24(29)34-14-20(30)26-22-21(23(31)32-2)17-7-5-4-6-8-18(17)35-22/h9-12H,3-8,13-14H2,1-2H3,(H,26,30). The van der Waals surface area contributed by atoms with Gasteiger partial charge >= 0.3 is 5.97 Å². The van der Waals surface area contributed by atoms with Gasteiger partial charge in [0.05, 0.1) is 18.4 Å². The summed E-state index contributed by atoms with van der Waals surface area (Å²) in [5, 5.41) is 13.3. The lowest BCUT2D eigenvalue weighted by Crippen LogP contribution is -2.17. The SMILES string of the molecule is CCn1c(COc2ccc(Cl)cc2)nnc1SCC(=O)Nc1sc2c(c1C(=O)OC)CCCCC2. The summed E-state index contributed by atoms with van der Waals surface area (Å²) in [6.45, 7) is 2.87. The smallest absolute Gasteiger partial charge is 0.341 e.